The van der Waals surface area contributed by atoms with Crippen molar-refractivity contribution in [1.29, 1.82) is 10.8 Å². The number of hydrogen-bond donors (Lipinski definition) is 2. The lowest BCUT2D eigenvalue weighted by Gasteiger charge is -2.17. The van der Waals surface area contributed by atoms with E-state index in [2.05, 4.69) is 0 Å². The van der Waals surface area contributed by atoms with Crippen LogP contribution in [0.25, 0.3) is 11.1 Å². The summed E-state index contributed by atoms with van der Waals surface area (Å²) < 4.78 is 49.9. The van der Waals surface area contributed by atoms with E-state index in [9.17, 15) is 17.6 Å². The van der Waals surface area contributed by atoms with E-state index in [-0.39, 0.29) is 11.2 Å². The van der Waals surface area contributed by atoms with Crippen molar-refractivity contribution in [2.45, 2.75) is 40.0 Å². The van der Waals surface area contributed by atoms with Crippen LogP contribution >= 0.6 is 0 Å². The van der Waals surface area contributed by atoms with Crippen LogP contribution in [0, 0.1) is 24.7 Å². The number of aromatic nitrogens is 1. The number of alkyl halides is 4. The zero-order valence-electron chi connectivity index (χ0n) is 14.5. The fourth-order valence-electron chi connectivity index (χ4n) is 2.11. The molecule has 1 heterocycles. The van der Waals surface area contributed by atoms with E-state index in [0.29, 0.717) is 10.1 Å². The molecule has 0 saturated heterocycles. The van der Waals surface area contributed by atoms with Crippen LogP contribution in [0.3, 0.4) is 0 Å². The predicted molar refractivity (Wildman–Crippen MR) is 90.6 cm³/mol. The van der Waals surface area contributed by atoms with Crippen LogP contribution in [-0.4, -0.2) is 22.8 Å². The van der Waals surface area contributed by atoms with Crippen molar-refractivity contribution in [3.05, 3.63) is 53.1 Å². The molecule has 0 unspecified atom stereocenters. The Morgan fingerprint density at radius 2 is 1.48 bits per heavy atom. The average molecular weight is 355 g/mol. The molecular formula is C18H21F4N3. The third kappa shape index (κ3) is 5.55. The lowest BCUT2D eigenvalue weighted by Crippen LogP contribution is -2.38. The largest absolute Gasteiger partial charge is 0.449 e. The zero-order chi connectivity index (χ0) is 19.4. The number of halogens is 4. The minimum Gasteiger partial charge on any atom is -0.284 e. The first kappa shape index (κ1) is 20.6. The van der Waals surface area contributed by atoms with Gasteiger partial charge in [-0.05, 0) is 45.4 Å². The first-order valence-electron chi connectivity index (χ1n) is 7.59. The van der Waals surface area contributed by atoms with Gasteiger partial charge in [-0.3, -0.25) is 15.4 Å². The van der Waals surface area contributed by atoms with E-state index in [4.69, 9.17) is 10.8 Å². The monoisotopic (exact) mass is 355 g/mol. The molecule has 0 saturated carbocycles. The van der Waals surface area contributed by atoms with E-state index in [1.807, 2.05) is 31.2 Å². The van der Waals surface area contributed by atoms with E-state index in [0.717, 1.165) is 11.1 Å². The summed E-state index contributed by atoms with van der Waals surface area (Å²) in [6.45, 7) is 6.40. The fraction of sp³-hybridized carbons (Fsp3) is 0.333. The zero-order valence-corrected chi connectivity index (χ0v) is 14.5. The molecule has 2 aromatic rings. The molecule has 3 nitrogen and oxygen atoms in total. The number of pyridine rings is 1. The van der Waals surface area contributed by atoms with Gasteiger partial charge in [-0.25, -0.2) is 4.39 Å². The van der Waals surface area contributed by atoms with Crippen molar-refractivity contribution in [3.63, 3.8) is 0 Å². The molecule has 0 aliphatic carbocycles. The Kier molecular flexibility index (Phi) is 6.67. The first-order valence-corrected chi connectivity index (χ1v) is 7.59. The van der Waals surface area contributed by atoms with Crippen LogP contribution in [0.2, 0.25) is 0 Å². The predicted octanol–water partition coefficient (Wildman–Crippen LogP) is 5.00. The van der Waals surface area contributed by atoms with Crippen LogP contribution in [0.5, 0.6) is 0 Å². The van der Waals surface area contributed by atoms with Crippen LogP contribution in [-0.2, 0) is 0 Å². The maximum atomic E-state index is 12.8. The van der Waals surface area contributed by atoms with Crippen molar-refractivity contribution < 1.29 is 17.6 Å². The quantitative estimate of drug-likeness (QED) is 0.411. The van der Waals surface area contributed by atoms with Gasteiger partial charge >= 0.3 is 6.18 Å². The summed E-state index contributed by atoms with van der Waals surface area (Å²) in [5.41, 5.74) is 2.21. The van der Waals surface area contributed by atoms with Gasteiger partial charge in [-0.2, -0.15) is 13.2 Å². The molecule has 7 heteroatoms. The normalized spacial score (nSPS) is 11.1. The Morgan fingerprint density at radius 1 is 1.00 bits per heavy atom. The Hall–Kier alpha value is -2.44. The van der Waals surface area contributed by atoms with Crippen molar-refractivity contribution in [1.82, 2.24) is 4.57 Å². The molecule has 0 bridgehead atoms. The number of rotatable bonds is 1. The smallest absolute Gasteiger partial charge is 0.284 e. The lowest BCUT2D eigenvalue weighted by atomic mass is 10.0. The summed E-state index contributed by atoms with van der Waals surface area (Å²) in [7, 11) is 0. The highest BCUT2D eigenvalue weighted by Crippen LogP contribution is 2.24. The van der Waals surface area contributed by atoms with Crippen molar-refractivity contribution in [2.24, 2.45) is 0 Å². The van der Waals surface area contributed by atoms with Crippen LogP contribution in [0.1, 0.15) is 25.1 Å². The van der Waals surface area contributed by atoms with Crippen molar-refractivity contribution >= 4 is 5.84 Å². The van der Waals surface area contributed by atoms with Crippen LogP contribution < -0.4 is 5.49 Å². The molecule has 1 aromatic carbocycles. The maximum absolute atomic E-state index is 12.8. The summed E-state index contributed by atoms with van der Waals surface area (Å²) in [5.74, 6) is -1.56. The molecule has 0 amide bonds. The fourth-order valence-corrected chi connectivity index (χ4v) is 2.11. The van der Waals surface area contributed by atoms with Gasteiger partial charge in [0, 0.05) is 11.3 Å². The topological polar surface area (TPSA) is 52.6 Å². The second-order valence-corrected chi connectivity index (χ2v) is 5.78. The molecule has 0 spiro atoms. The summed E-state index contributed by atoms with van der Waals surface area (Å²) in [6.07, 6.45) is -5.46. The molecule has 0 aliphatic rings. The highest BCUT2D eigenvalue weighted by atomic mass is 19.4. The molecule has 25 heavy (non-hydrogen) atoms. The van der Waals surface area contributed by atoms with Crippen molar-refractivity contribution in [3.8, 4) is 11.1 Å². The number of hydrogen-bond acceptors (Lipinski definition) is 2. The minimum atomic E-state index is -4.79. The van der Waals surface area contributed by atoms with Gasteiger partial charge in [0.25, 0.3) is 0 Å². The molecule has 0 aliphatic heterocycles. The highest BCUT2D eigenvalue weighted by molar-refractivity contribution is 5.88. The second-order valence-electron chi connectivity index (χ2n) is 5.78. The minimum absolute atomic E-state index is 0.216. The van der Waals surface area contributed by atoms with Crippen molar-refractivity contribution in [2.75, 3.05) is 0 Å². The Bertz CT molecular complexity index is 785. The summed E-state index contributed by atoms with van der Waals surface area (Å²) in [4.78, 5) is 0. The molecule has 0 radical (unpaired) electrons. The van der Waals surface area contributed by atoms with Gasteiger partial charge in [-0.1, -0.05) is 29.8 Å². The molecule has 0 atom stereocenters. The first-order chi connectivity index (χ1) is 11.4. The second kappa shape index (κ2) is 8.09. The van der Waals surface area contributed by atoms with Gasteiger partial charge in [0.05, 0.1) is 6.17 Å². The van der Waals surface area contributed by atoms with Gasteiger partial charge in [-0.15, -0.1) is 0 Å². The van der Waals surface area contributed by atoms with E-state index in [1.165, 1.54) is 26.8 Å². The van der Waals surface area contributed by atoms with E-state index in [1.54, 1.807) is 6.07 Å². The SMILES string of the molecule is CC(C)F.Cc1ccc(-c2ccc(=N)n(C(=N)C(F)(F)F)c2C)cc1. The third-order valence-electron chi connectivity index (χ3n) is 3.23. The standard InChI is InChI=1S/C15H14F3N3.C3H7F/c1-9-3-5-11(6-4-9)12-7-8-13(19)21(10(12)2)14(20)15(16,17)18;1-3(2)4/h3-8,19-20H,1-2H3;3H,1-2H3. The Labute approximate surface area is 144 Å². The summed E-state index contributed by atoms with van der Waals surface area (Å²) >= 11 is 0. The number of benzene rings is 1. The van der Waals surface area contributed by atoms with Crippen LogP contribution in [0.15, 0.2) is 36.4 Å². The molecule has 136 valence electrons. The molecule has 1 aromatic heterocycles. The molecule has 2 rings (SSSR count). The van der Waals surface area contributed by atoms with E-state index < -0.39 is 18.2 Å². The van der Waals surface area contributed by atoms with Crippen LogP contribution in [0.4, 0.5) is 17.6 Å². The van der Waals surface area contributed by atoms with Gasteiger partial charge in [0.2, 0.25) is 5.84 Å². The van der Waals surface area contributed by atoms with Gasteiger partial charge in [0.15, 0.2) is 0 Å². The average Bonchev–Trinajstić information content (AvgIpc) is 2.47. The van der Waals surface area contributed by atoms with E-state index >= 15 is 0 Å². The molecule has 0 fully saturated rings. The Morgan fingerprint density at radius 3 is 1.92 bits per heavy atom. The number of aryl methyl sites for hydroxylation is 1. The number of nitrogens with zero attached hydrogens (tertiary/aromatic N) is 1. The Balaban J connectivity index is 0.000000705. The third-order valence-corrected chi connectivity index (χ3v) is 3.23. The molecular weight excluding hydrogens is 334 g/mol. The highest BCUT2D eigenvalue weighted by Gasteiger charge is 2.37. The molecule has 2 N–H and O–H groups in total. The van der Waals surface area contributed by atoms with Gasteiger partial charge in [0.1, 0.15) is 5.49 Å². The van der Waals surface area contributed by atoms with Gasteiger partial charge < -0.3 is 0 Å². The number of nitrogens with one attached hydrogen (secondary N) is 2. The summed E-state index contributed by atoms with van der Waals surface area (Å²) in [6, 6.07) is 10.2. The lowest BCUT2D eigenvalue weighted by molar-refractivity contribution is -0.0627. The summed E-state index contributed by atoms with van der Waals surface area (Å²) in [5, 5.41) is 14.9. The maximum Gasteiger partial charge on any atom is 0.449 e.